The minimum atomic E-state index is 0.531. The van der Waals surface area contributed by atoms with Crippen molar-refractivity contribution in [3.05, 3.63) is 77.9 Å². The van der Waals surface area contributed by atoms with Gasteiger partial charge in [0.05, 0.1) is 0 Å². The highest BCUT2D eigenvalue weighted by atomic mass is 15.1. The number of likely N-dealkylation sites (tertiary alicyclic amines) is 1. The van der Waals surface area contributed by atoms with Crippen LogP contribution in [0.25, 0.3) is 0 Å². The van der Waals surface area contributed by atoms with E-state index in [1.54, 1.807) is 0 Å². The van der Waals surface area contributed by atoms with Crippen LogP contribution in [0.5, 0.6) is 0 Å². The monoisotopic (exact) mass is 392 g/mol. The molecule has 1 aliphatic rings. The van der Waals surface area contributed by atoms with Crippen molar-refractivity contribution in [1.29, 1.82) is 0 Å². The van der Waals surface area contributed by atoms with Crippen LogP contribution in [0.4, 0.5) is 5.69 Å². The van der Waals surface area contributed by atoms with Crippen LogP contribution in [-0.4, -0.2) is 31.6 Å². The molecule has 1 saturated heterocycles. The first kappa shape index (κ1) is 23.2. The van der Waals surface area contributed by atoms with Crippen molar-refractivity contribution in [1.82, 2.24) is 4.90 Å². The zero-order valence-corrected chi connectivity index (χ0v) is 19.1. The molecule has 2 nitrogen and oxygen atoms in total. The fourth-order valence-corrected chi connectivity index (χ4v) is 4.42. The summed E-state index contributed by atoms with van der Waals surface area (Å²) < 4.78 is 0. The van der Waals surface area contributed by atoms with Crippen LogP contribution in [0.15, 0.2) is 66.7 Å². The normalized spacial score (nSPS) is 20.3. The van der Waals surface area contributed by atoms with Crippen molar-refractivity contribution >= 4 is 5.69 Å². The van der Waals surface area contributed by atoms with E-state index < -0.39 is 0 Å². The Bertz CT molecular complexity index is 737. The Balaban J connectivity index is 0.00000145. The molecule has 29 heavy (non-hydrogen) atoms. The Hall–Kier alpha value is -2.06. The topological polar surface area (TPSA) is 15.3 Å². The Morgan fingerprint density at radius 2 is 1.86 bits per heavy atom. The van der Waals surface area contributed by atoms with Gasteiger partial charge in [-0.2, -0.15) is 0 Å². The third-order valence-corrected chi connectivity index (χ3v) is 6.09. The summed E-state index contributed by atoms with van der Waals surface area (Å²) >= 11 is 0. The molecule has 0 aliphatic carbocycles. The zero-order valence-electron chi connectivity index (χ0n) is 19.1. The van der Waals surface area contributed by atoms with Gasteiger partial charge in [-0.1, -0.05) is 75.4 Å². The first-order valence-electron chi connectivity index (χ1n) is 11.3. The fraction of sp³-hybridized carbons (Fsp3) is 0.481. The number of piperidine rings is 1. The van der Waals surface area contributed by atoms with E-state index in [2.05, 4.69) is 85.2 Å². The van der Waals surface area contributed by atoms with Gasteiger partial charge in [-0.25, -0.2) is 0 Å². The van der Waals surface area contributed by atoms with Crippen LogP contribution in [0.1, 0.15) is 51.2 Å². The lowest BCUT2D eigenvalue weighted by molar-refractivity contribution is 0.148. The summed E-state index contributed by atoms with van der Waals surface area (Å²) in [5.41, 5.74) is 5.41. The highest BCUT2D eigenvalue weighted by Crippen LogP contribution is 2.34. The van der Waals surface area contributed by atoms with Gasteiger partial charge in [0.1, 0.15) is 0 Å². The number of hydrogen-bond donors (Lipinski definition) is 1. The van der Waals surface area contributed by atoms with Gasteiger partial charge in [-0.05, 0) is 67.3 Å². The van der Waals surface area contributed by atoms with Crippen molar-refractivity contribution in [3.8, 4) is 0 Å². The second kappa shape index (κ2) is 11.8. The number of nitrogens with one attached hydrogen (secondary N) is 1. The summed E-state index contributed by atoms with van der Waals surface area (Å²) in [7, 11) is 2.00. The molecule has 0 amide bonds. The molecule has 0 aromatic heterocycles. The lowest BCUT2D eigenvalue weighted by Crippen LogP contribution is -2.41. The summed E-state index contributed by atoms with van der Waals surface area (Å²) in [6.07, 6.45) is 2.33. The molecule has 0 radical (unpaired) electrons. The summed E-state index contributed by atoms with van der Waals surface area (Å²) in [5.74, 6) is 1.86. The van der Waals surface area contributed by atoms with Crippen LogP contribution < -0.4 is 5.32 Å². The number of hydrogen-bond acceptors (Lipinski definition) is 2. The van der Waals surface area contributed by atoms with Crippen molar-refractivity contribution in [2.24, 2.45) is 11.8 Å². The van der Waals surface area contributed by atoms with E-state index in [-0.39, 0.29) is 0 Å². The highest BCUT2D eigenvalue weighted by molar-refractivity contribution is 5.46. The zero-order chi connectivity index (χ0) is 21.2. The van der Waals surface area contributed by atoms with Crippen molar-refractivity contribution < 1.29 is 0 Å². The fourth-order valence-electron chi connectivity index (χ4n) is 4.42. The molecule has 158 valence electrons. The van der Waals surface area contributed by atoms with Gasteiger partial charge in [0.2, 0.25) is 0 Å². The molecule has 2 heteroatoms. The van der Waals surface area contributed by atoms with Crippen LogP contribution in [0, 0.1) is 11.8 Å². The van der Waals surface area contributed by atoms with E-state index in [0.717, 1.165) is 13.0 Å². The van der Waals surface area contributed by atoms with Crippen molar-refractivity contribution in [2.75, 3.05) is 32.0 Å². The lowest BCUT2D eigenvalue weighted by atomic mass is 9.81. The van der Waals surface area contributed by atoms with Gasteiger partial charge in [0.15, 0.2) is 0 Å². The van der Waals surface area contributed by atoms with E-state index in [9.17, 15) is 0 Å². The molecule has 1 fully saturated rings. The Morgan fingerprint density at radius 1 is 1.14 bits per heavy atom. The number of benzene rings is 2. The standard InChI is InChI=1S/C25H34N2.C2H6/c1-19(2)23(15-21-9-6-5-7-10-21)18-27-14-13-25(20(3)17-27)22-11-8-12-24(16-22)26-4;1-2/h5-12,16,20,23,25-26H,1,13-15,17-18H2,2-4H3;1-2H3. The number of anilines is 1. The molecule has 1 aliphatic heterocycles. The second-order valence-electron chi connectivity index (χ2n) is 8.24. The predicted molar refractivity (Wildman–Crippen MR) is 129 cm³/mol. The minimum Gasteiger partial charge on any atom is -0.388 e. The molecule has 0 bridgehead atoms. The minimum absolute atomic E-state index is 0.531. The van der Waals surface area contributed by atoms with Gasteiger partial charge in [0, 0.05) is 25.8 Å². The van der Waals surface area contributed by atoms with Gasteiger partial charge in [-0.15, -0.1) is 0 Å². The first-order valence-corrected chi connectivity index (χ1v) is 11.3. The molecular formula is C27H40N2. The van der Waals surface area contributed by atoms with Crippen molar-refractivity contribution in [3.63, 3.8) is 0 Å². The highest BCUT2D eigenvalue weighted by Gasteiger charge is 2.28. The summed E-state index contributed by atoms with van der Waals surface area (Å²) in [6, 6.07) is 19.8. The smallest absolute Gasteiger partial charge is 0.0340 e. The molecule has 0 saturated carbocycles. The second-order valence-corrected chi connectivity index (χ2v) is 8.24. The lowest BCUT2D eigenvalue weighted by Gasteiger charge is -2.39. The molecule has 3 rings (SSSR count). The van der Waals surface area contributed by atoms with Crippen molar-refractivity contribution in [2.45, 2.75) is 46.5 Å². The molecule has 3 unspecified atom stereocenters. The molecule has 2 aromatic carbocycles. The van der Waals surface area contributed by atoms with Crippen LogP contribution in [0.2, 0.25) is 0 Å². The van der Waals surface area contributed by atoms with E-state index in [1.165, 1.54) is 41.9 Å². The van der Waals surface area contributed by atoms with Crippen LogP contribution in [0.3, 0.4) is 0 Å². The SMILES string of the molecule is C=C(C)C(Cc1ccccc1)CN1CCC(c2cccc(NC)c2)C(C)C1.CC. The Morgan fingerprint density at radius 3 is 2.48 bits per heavy atom. The van der Waals surface area contributed by atoms with Gasteiger partial charge < -0.3 is 10.2 Å². The van der Waals surface area contributed by atoms with E-state index in [0.29, 0.717) is 17.8 Å². The average molecular weight is 393 g/mol. The number of rotatable bonds is 7. The third kappa shape index (κ3) is 6.75. The maximum Gasteiger partial charge on any atom is 0.0340 e. The molecular weight excluding hydrogens is 352 g/mol. The Labute approximate surface area is 179 Å². The van der Waals surface area contributed by atoms with Gasteiger partial charge in [0.25, 0.3) is 0 Å². The van der Waals surface area contributed by atoms with E-state index >= 15 is 0 Å². The Kier molecular flexibility index (Phi) is 9.47. The molecule has 3 atom stereocenters. The summed E-state index contributed by atoms with van der Waals surface area (Å²) in [6.45, 7) is 16.4. The first-order chi connectivity index (χ1) is 14.1. The molecule has 0 spiro atoms. The largest absolute Gasteiger partial charge is 0.388 e. The van der Waals surface area contributed by atoms with E-state index in [4.69, 9.17) is 0 Å². The van der Waals surface area contributed by atoms with E-state index in [1.807, 2.05) is 20.9 Å². The maximum atomic E-state index is 4.28. The molecule has 2 aromatic rings. The van der Waals surface area contributed by atoms with Crippen LogP contribution >= 0.6 is 0 Å². The van der Waals surface area contributed by atoms with Crippen LogP contribution in [-0.2, 0) is 6.42 Å². The van der Waals surface area contributed by atoms with Gasteiger partial charge >= 0.3 is 0 Å². The van der Waals surface area contributed by atoms with Gasteiger partial charge in [-0.3, -0.25) is 0 Å². The summed E-state index contributed by atoms with van der Waals surface area (Å²) in [5, 5.41) is 3.27. The molecule has 1 N–H and O–H groups in total. The maximum absolute atomic E-state index is 4.28. The quantitative estimate of drug-likeness (QED) is 0.533. The third-order valence-electron chi connectivity index (χ3n) is 6.09. The predicted octanol–water partition coefficient (Wildman–Crippen LogP) is 6.61. The summed E-state index contributed by atoms with van der Waals surface area (Å²) in [4.78, 5) is 2.66. The molecule has 1 heterocycles. The number of nitrogens with zero attached hydrogens (tertiary/aromatic N) is 1. The average Bonchev–Trinajstić information content (AvgIpc) is 2.75.